The predicted octanol–water partition coefficient (Wildman–Crippen LogP) is 1.15. The normalized spacial score (nSPS) is 36.1. The van der Waals surface area contributed by atoms with Crippen LogP contribution in [0.1, 0.15) is 12.8 Å². The number of hydrogen-bond donors (Lipinski definition) is 2. The number of thioether (sulfide) groups is 1. The van der Waals surface area contributed by atoms with E-state index >= 15 is 0 Å². The molecule has 0 aromatic heterocycles. The summed E-state index contributed by atoms with van der Waals surface area (Å²) in [7, 11) is 0. The maximum Gasteiger partial charge on any atom is 0.0557 e. The van der Waals surface area contributed by atoms with Gasteiger partial charge in [0, 0.05) is 5.70 Å². The molecule has 2 rings (SSSR count). The molecule has 1 saturated heterocycles. The van der Waals surface area contributed by atoms with Crippen LogP contribution >= 0.6 is 11.8 Å². The van der Waals surface area contributed by atoms with E-state index in [-0.39, 0.29) is 0 Å². The maximum absolute atomic E-state index is 5.80. The van der Waals surface area contributed by atoms with Gasteiger partial charge < -0.3 is 11.5 Å². The van der Waals surface area contributed by atoms with E-state index in [0.717, 1.165) is 18.5 Å². The van der Waals surface area contributed by atoms with E-state index in [0.29, 0.717) is 11.3 Å². The smallest absolute Gasteiger partial charge is 0.0557 e. The summed E-state index contributed by atoms with van der Waals surface area (Å²) < 4.78 is 0. The van der Waals surface area contributed by atoms with E-state index in [1.807, 2.05) is 0 Å². The van der Waals surface area contributed by atoms with Crippen molar-refractivity contribution >= 4 is 11.8 Å². The minimum Gasteiger partial charge on any atom is -0.399 e. The molecule has 0 aromatic carbocycles. The fourth-order valence-electron chi connectivity index (χ4n) is 1.58. The van der Waals surface area contributed by atoms with Crippen LogP contribution in [0.25, 0.3) is 0 Å². The zero-order valence-electron chi connectivity index (χ0n) is 6.29. The quantitative estimate of drug-likeness (QED) is 0.570. The molecule has 11 heavy (non-hydrogen) atoms. The van der Waals surface area contributed by atoms with E-state index in [2.05, 4.69) is 12.2 Å². The molecule has 0 radical (unpaired) electrons. The van der Waals surface area contributed by atoms with E-state index in [9.17, 15) is 0 Å². The van der Waals surface area contributed by atoms with E-state index < -0.39 is 0 Å². The highest BCUT2D eigenvalue weighted by Gasteiger charge is 2.28. The molecule has 1 fully saturated rings. The largest absolute Gasteiger partial charge is 0.399 e. The van der Waals surface area contributed by atoms with Gasteiger partial charge in [-0.15, -0.1) is 11.8 Å². The first-order chi connectivity index (χ1) is 5.25. The summed E-state index contributed by atoms with van der Waals surface area (Å²) in [6.07, 6.45) is 6.34. The van der Waals surface area contributed by atoms with Gasteiger partial charge in [-0.2, -0.15) is 0 Å². The van der Waals surface area contributed by atoms with Crippen LogP contribution in [0.2, 0.25) is 0 Å². The van der Waals surface area contributed by atoms with Crippen molar-refractivity contribution in [3.63, 3.8) is 0 Å². The van der Waals surface area contributed by atoms with Crippen molar-refractivity contribution < 1.29 is 0 Å². The number of nitrogens with two attached hydrogens (primary N) is 2. The summed E-state index contributed by atoms with van der Waals surface area (Å²) in [6.45, 7) is 0. The third kappa shape index (κ3) is 1.30. The number of hydrogen-bond acceptors (Lipinski definition) is 3. The van der Waals surface area contributed by atoms with Crippen LogP contribution in [-0.2, 0) is 0 Å². The highest BCUT2D eigenvalue weighted by molar-refractivity contribution is 8.03. The van der Waals surface area contributed by atoms with Gasteiger partial charge in [0.2, 0.25) is 0 Å². The molecule has 4 N–H and O–H groups in total. The molecule has 0 spiro atoms. The monoisotopic (exact) mass is 168 g/mol. The van der Waals surface area contributed by atoms with Crippen LogP contribution in [0.4, 0.5) is 0 Å². The molecule has 0 bridgehead atoms. The lowest BCUT2D eigenvalue weighted by Gasteiger charge is -2.12. The first kappa shape index (κ1) is 7.25. The second-order valence-electron chi connectivity index (χ2n) is 3.08. The van der Waals surface area contributed by atoms with E-state index in [1.54, 1.807) is 11.8 Å². The maximum atomic E-state index is 5.80. The van der Waals surface area contributed by atoms with Crippen LogP contribution in [-0.4, -0.2) is 5.37 Å². The Morgan fingerprint density at radius 2 is 2.36 bits per heavy atom. The van der Waals surface area contributed by atoms with Gasteiger partial charge in [-0.3, -0.25) is 0 Å². The average Bonchev–Trinajstić information content (AvgIpc) is 2.27. The predicted molar refractivity (Wildman–Crippen MR) is 48.6 cm³/mol. The van der Waals surface area contributed by atoms with Gasteiger partial charge in [0.15, 0.2) is 0 Å². The number of allylic oxidation sites excluding steroid dienone is 3. The Morgan fingerprint density at radius 3 is 3.18 bits per heavy atom. The lowest BCUT2D eigenvalue weighted by Crippen LogP contribution is -2.12. The Balaban J connectivity index is 2.20. The van der Waals surface area contributed by atoms with Crippen molar-refractivity contribution in [2.24, 2.45) is 17.4 Å². The topological polar surface area (TPSA) is 52.0 Å². The molecule has 0 aromatic rings. The fraction of sp³-hybridized carbons (Fsp3) is 0.500. The van der Waals surface area contributed by atoms with Gasteiger partial charge in [-0.05, 0) is 29.7 Å². The minimum absolute atomic E-state index is 0.297. The second-order valence-corrected chi connectivity index (χ2v) is 4.39. The van der Waals surface area contributed by atoms with Crippen LogP contribution in [0, 0.1) is 5.92 Å². The van der Waals surface area contributed by atoms with E-state index in [1.165, 1.54) is 4.91 Å². The molecule has 1 aliphatic carbocycles. The molecular formula is C8H12N2S. The van der Waals surface area contributed by atoms with Crippen LogP contribution in [0.15, 0.2) is 22.8 Å². The molecule has 2 atom stereocenters. The molecule has 2 aliphatic rings. The van der Waals surface area contributed by atoms with Crippen molar-refractivity contribution in [3.05, 3.63) is 22.8 Å². The lowest BCUT2D eigenvalue weighted by molar-refractivity contribution is 0.597. The summed E-state index contributed by atoms with van der Waals surface area (Å²) in [4.78, 5) is 1.39. The fourth-order valence-corrected chi connectivity index (χ4v) is 2.85. The second kappa shape index (κ2) is 2.57. The van der Waals surface area contributed by atoms with E-state index in [4.69, 9.17) is 11.5 Å². The average molecular weight is 168 g/mol. The van der Waals surface area contributed by atoms with Crippen molar-refractivity contribution in [1.82, 2.24) is 0 Å². The minimum atomic E-state index is 0.297. The molecule has 2 unspecified atom stereocenters. The Morgan fingerprint density at radius 1 is 1.55 bits per heavy atom. The Bertz CT molecular complexity index is 232. The van der Waals surface area contributed by atoms with Gasteiger partial charge in [0.05, 0.1) is 5.37 Å². The first-order valence-electron chi connectivity index (χ1n) is 3.85. The van der Waals surface area contributed by atoms with Gasteiger partial charge >= 0.3 is 0 Å². The molecule has 1 aliphatic heterocycles. The van der Waals surface area contributed by atoms with Crippen LogP contribution in [0.3, 0.4) is 0 Å². The highest BCUT2D eigenvalue weighted by atomic mass is 32.2. The summed E-state index contributed by atoms with van der Waals surface area (Å²) >= 11 is 1.77. The van der Waals surface area contributed by atoms with Gasteiger partial charge in [-0.1, -0.05) is 6.08 Å². The SMILES string of the molecule is NC1=CCC2CC(N)SC2=C1. The third-order valence-electron chi connectivity index (χ3n) is 2.15. The summed E-state index contributed by atoms with van der Waals surface area (Å²) in [5, 5.41) is 0.297. The van der Waals surface area contributed by atoms with Crippen molar-refractivity contribution in [1.29, 1.82) is 0 Å². The Labute approximate surface area is 70.7 Å². The molecule has 3 heteroatoms. The molecular weight excluding hydrogens is 156 g/mol. The molecule has 2 nitrogen and oxygen atoms in total. The molecule has 0 saturated carbocycles. The van der Waals surface area contributed by atoms with Crippen LogP contribution in [0.5, 0.6) is 0 Å². The molecule has 0 amide bonds. The molecule has 1 heterocycles. The summed E-state index contributed by atoms with van der Waals surface area (Å²) in [5.41, 5.74) is 12.4. The zero-order chi connectivity index (χ0) is 7.84. The van der Waals surface area contributed by atoms with Gasteiger partial charge in [0.1, 0.15) is 0 Å². The molecule has 60 valence electrons. The Hall–Kier alpha value is -0.410. The number of fused-ring (bicyclic) bond motifs is 1. The highest BCUT2D eigenvalue weighted by Crippen LogP contribution is 2.43. The van der Waals surface area contributed by atoms with Gasteiger partial charge in [-0.25, -0.2) is 0 Å². The van der Waals surface area contributed by atoms with Crippen molar-refractivity contribution in [2.45, 2.75) is 18.2 Å². The van der Waals surface area contributed by atoms with Gasteiger partial charge in [0.25, 0.3) is 0 Å². The third-order valence-corrected chi connectivity index (χ3v) is 3.37. The lowest BCUT2D eigenvalue weighted by atomic mass is 9.96. The van der Waals surface area contributed by atoms with Crippen molar-refractivity contribution in [3.8, 4) is 0 Å². The van der Waals surface area contributed by atoms with Crippen LogP contribution < -0.4 is 11.5 Å². The Kier molecular flexibility index (Phi) is 1.69. The van der Waals surface area contributed by atoms with Crippen molar-refractivity contribution in [2.75, 3.05) is 0 Å². The standard InChI is InChI=1S/C8H12N2S/c9-6-2-1-5-3-8(10)11-7(5)4-6/h2,4-5,8H,1,3,9-10H2. The first-order valence-corrected chi connectivity index (χ1v) is 4.73. The number of rotatable bonds is 0. The summed E-state index contributed by atoms with van der Waals surface area (Å²) in [6, 6.07) is 0. The zero-order valence-corrected chi connectivity index (χ0v) is 7.10. The summed E-state index contributed by atoms with van der Waals surface area (Å²) in [5.74, 6) is 0.669.